The predicted octanol–water partition coefficient (Wildman–Crippen LogP) is 2.66. The van der Waals surface area contributed by atoms with Gasteiger partial charge in [-0.1, -0.05) is 12.1 Å². The first-order valence-corrected chi connectivity index (χ1v) is 6.32. The van der Waals surface area contributed by atoms with Crippen LogP contribution in [0.5, 0.6) is 0 Å². The van der Waals surface area contributed by atoms with Crippen molar-refractivity contribution in [2.45, 2.75) is 13.3 Å². The number of carbonyl (C=O) groups excluding carboxylic acids is 1. The second-order valence-corrected chi connectivity index (χ2v) is 4.28. The molecule has 0 atom stereocenters. The number of hydrogen-bond donors (Lipinski definition) is 1. The van der Waals surface area contributed by atoms with Gasteiger partial charge in [0.1, 0.15) is 5.00 Å². The first kappa shape index (κ1) is 11.9. The molecule has 1 N–H and O–H groups in total. The summed E-state index contributed by atoms with van der Waals surface area (Å²) in [6, 6.07) is 7.94. The van der Waals surface area contributed by atoms with Crippen molar-refractivity contribution in [1.29, 1.82) is 0 Å². The lowest BCUT2D eigenvalue weighted by Gasteiger charge is -2.03. The highest BCUT2D eigenvalue weighted by atomic mass is 32.1. The number of benzene rings is 1. The van der Waals surface area contributed by atoms with Gasteiger partial charge in [0.2, 0.25) is 0 Å². The van der Waals surface area contributed by atoms with Crippen molar-refractivity contribution in [3.8, 4) is 0 Å². The third kappa shape index (κ3) is 2.94. The number of esters is 1. The smallest absolute Gasteiger partial charge is 0.307 e. The average Bonchev–Trinajstić information content (AvgIpc) is 2.73. The zero-order valence-corrected chi connectivity index (χ0v) is 10.4. The molecule has 1 heterocycles. The highest BCUT2D eigenvalue weighted by Gasteiger charge is 2.06. The molecular weight excluding hydrogens is 236 g/mol. The summed E-state index contributed by atoms with van der Waals surface area (Å²) in [5.41, 5.74) is 0.983. The Hall–Kier alpha value is -1.62. The van der Waals surface area contributed by atoms with Crippen LogP contribution in [0.1, 0.15) is 13.3 Å². The molecule has 1 aromatic carbocycles. The van der Waals surface area contributed by atoms with Crippen LogP contribution >= 0.6 is 11.5 Å². The molecule has 2 rings (SSSR count). The van der Waals surface area contributed by atoms with Crippen molar-refractivity contribution in [2.24, 2.45) is 0 Å². The van der Waals surface area contributed by atoms with Crippen LogP contribution in [0.4, 0.5) is 5.00 Å². The molecule has 0 aliphatic heterocycles. The molecule has 0 fully saturated rings. The number of hydrogen-bond acceptors (Lipinski definition) is 5. The summed E-state index contributed by atoms with van der Waals surface area (Å²) in [4.78, 5) is 11.2. The van der Waals surface area contributed by atoms with E-state index in [1.807, 2.05) is 31.2 Å². The predicted molar refractivity (Wildman–Crippen MR) is 69.4 cm³/mol. The van der Waals surface area contributed by atoms with Crippen LogP contribution in [0.3, 0.4) is 0 Å². The molecule has 0 saturated carbocycles. The number of aromatic nitrogens is 1. The third-order valence-electron chi connectivity index (χ3n) is 2.30. The summed E-state index contributed by atoms with van der Waals surface area (Å²) in [6.45, 7) is 2.81. The Bertz CT molecular complexity index is 510. The topological polar surface area (TPSA) is 51.2 Å². The summed E-state index contributed by atoms with van der Waals surface area (Å²) >= 11 is 1.41. The Kier molecular flexibility index (Phi) is 3.93. The van der Waals surface area contributed by atoms with Gasteiger partial charge in [0, 0.05) is 11.9 Å². The van der Waals surface area contributed by atoms with Crippen LogP contribution in [0.25, 0.3) is 10.9 Å². The van der Waals surface area contributed by atoms with Crippen molar-refractivity contribution >= 4 is 33.4 Å². The Labute approximate surface area is 104 Å². The van der Waals surface area contributed by atoms with E-state index in [1.54, 1.807) is 0 Å². The van der Waals surface area contributed by atoms with E-state index in [0.29, 0.717) is 19.6 Å². The summed E-state index contributed by atoms with van der Waals surface area (Å²) in [7, 11) is 0. The molecule has 0 aliphatic carbocycles. The largest absolute Gasteiger partial charge is 0.466 e. The van der Waals surface area contributed by atoms with Gasteiger partial charge in [-0.15, -0.1) is 0 Å². The van der Waals surface area contributed by atoms with Gasteiger partial charge in [-0.3, -0.25) is 4.79 Å². The van der Waals surface area contributed by atoms with Gasteiger partial charge in [-0.25, -0.2) is 0 Å². The van der Waals surface area contributed by atoms with E-state index in [4.69, 9.17) is 4.74 Å². The molecule has 0 spiro atoms. The van der Waals surface area contributed by atoms with Crippen LogP contribution in [0.15, 0.2) is 24.3 Å². The molecule has 2 aromatic rings. The van der Waals surface area contributed by atoms with Gasteiger partial charge in [0.25, 0.3) is 0 Å². The van der Waals surface area contributed by atoms with Crippen LogP contribution in [-0.2, 0) is 9.53 Å². The fraction of sp³-hybridized carbons (Fsp3) is 0.333. The monoisotopic (exact) mass is 250 g/mol. The Morgan fingerprint density at radius 2 is 2.29 bits per heavy atom. The van der Waals surface area contributed by atoms with Crippen LogP contribution < -0.4 is 5.32 Å². The van der Waals surface area contributed by atoms with Gasteiger partial charge in [0.15, 0.2) is 0 Å². The zero-order chi connectivity index (χ0) is 12.1. The minimum absolute atomic E-state index is 0.172. The molecule has 0 radical (unpaired) electrons. The van der Waals surface area contributed by atoms with Crippen molar-refractivity contribution in [3.05, 3.63) is 24.3 Å². The fourth-order valence-corrected chi connectivity index (χ4v) is 2.31. The number of nitrogens with zero attached hydrogens (tertiary/aromatic N) is 1. The van der Waals surface area contributed by atoms with Gasteiger partial charge >= 0.3 is 5.97 Å². The molecule has 0 unspecified atom stereocenters. The molecular formula is C12H14N2O2S. The first-order valence-electron chi connectivity index (χ1n) is 5.55. The fourth-order valence-electron chi connectivity index (χ4n) is 1.53. The molecule has 17 heavy (non-hydrogen) atoms. The lowest BCUT2D eigenvalue weighted by molar-refractivity contribution is -0.142. The summed E-state index contributed by atoms with van der Waals surface area (Å²) in [5, 5.41) is 5.32. The zero-order valence-electron chi connectivity index (χ0n) is 9.60. The number of nitrogens with one attached hydrogen (secondary N) is 1. The maximum atomic E-state index is 11.2. The first-order chi connectivity index (χ1) is 8.31. The minimum Gasteiger partial charge on any atom is -0.466 e. The van der Waals surface area contributed by atoms with Crippen LogP contribution in [0, 0.1) is 0 Å². The summed E-state index contributed by atoms with van der Waals surface area (Å²) in [5.74, 6) is -0.172. The lowest BCUT2D eigenvalue weighted by atomic mass is 10.2. The van der Waals surface area contributed by atoms with Crippen LogP contribution in [0.2, 0.25) is 0 Å². The molecule has 90 valence electrons. The second kappa shape index (κ2) is 5.63. The maximum Gasteiger partial charge on any atom is 0.307 e. The van der Waals surface area contributed by atoms with Crippen molar-refractivity contribution in [2.75, 3.05) is 18.5 Å². The van der Waals surface area contributed by atoms with Gasteiger partial charge in [-0.05, 0) is 30.6 Å². The number of rotatable bonds is 5. The number of carbonyl (C=O) groups is 1. The number of ether oxygens (including phenoxy) is 1. The van der Waals surface area contributed by atoms with Crippen LogP contribution in [-0.4, -0.2) is 23.5 Å². The van der Waals surface area contributed by atoms with Crippen molar-refractivity contribution < 1.29 is 9.53 Å². The Morgan fingerprint density at radius 1 is 1.47 bits per heavy atom. The maximum absolute atomic E-state index is 11.2. The van der Waals surface area contributed by atoms with Crippen molar-refractivity contribution in [3.63, 3.8) is 0 Å². The van der Waals surface area contributed by atoms with Gasteiger partial charge in [-0.2, -0.15) is 4.37 Å². The van der Waals surface area contributed by atoms with Gasteiger partial charge in [0.05, 0.1) is 18.5 Å². The Morgan fingerprint density at radius 3 is 3.12 bits per heavy atom. The summed E-state index contributed by atoms with van der Waals surface area (Å²) < 4.78 is 9.17. The Balaban J connectivity index is 1.93. The van der Waals surface area contributed by atoms with E-state index in [-0.39, 0.29) is 5.97 Å². The number of fused-ring (bicyclic) bond motifs is 1. The molecule has 0 bridgehead atoms. The van der Waals surface area contributed by atoms with E-state index in [9.17, 15) is 4.79 Å². The molecule has 0 saturated heterocycles. The van der Waals surface area contributed by atoms with E-state index < -0.39 is 0 Å². The minimum atomic E-state index is -0.172. The SMILES string of the molecule is CCOC(=O)CCNc1snc2ccccc12. The second-order valence-electron chi connectivity index (χ2n) is 3.51. The standard InChI is InChI=1S/C12H14N2O2S/c1-2-16-11(15)7-8-13-12-9-5-3-4-6-10(9)14-17-12/h3-6,13H,2,7-8H2,1H3. The normalized spacial score (nSPS) is 10.4. The molecule has 1 aromatic heterocycles. The van der Waals surface area contributed by atoms with E-state index in [0.717, 1.165) is 15.9 Å². The third-order valence-corrected chi connectivity index (χ3v) is 3.14. The summed E-state index contributed by atoms with van der Waals surface area (Å²) in [6.07, 6.45) is 0.375. The number of anilines is 1. The highest BCUT2D eigenvalue weighted by molar-refractivity contribution is 7.11. The lowest BCUT2D eigenvalue weighted by Crippen LogP contribution is -2.10. The molecule has 0 amide bonds. The highest BCUT2D eigenvalue weighted by Crippen LogP contribution is 2.26. The molecule has 0 aliphatic rings. The quantitative estimate of drug-likeness (QED) is 0.829. The van der Waals surface area contributed by atoms with E-state index in [2.05, 4.69) is 9.69 Å². The van der Waals surface area contributed by atoms with Gasteiger partial charge < -0.3 is 10.1 Å². The molecule has 5 heteroatoms. The average molecular weight is 250 g/mol. The van der Waals surface area contributed by atoms with E-state index in [1.165, 1.54) is 11.5 Å². The van der Waals surface area contributed by atoms with Crippen molar-refractivity contribution in [1.82, 2.24) is 4.37 Å². The van der Waals surface area contributed by atoms with E-state index >= 15 is 0 Å². The molecule has 4 nitrogen and oxygen atoms in total.